The summed E-state index contributed by atoms with van der Waals surface area (Å²) in [6.07, 6.45) is 2.29. The smallest absolute Gasteiger partial charge is 0.231 e. The Bertz CT molecular complexity index is 886. The topological polar surface area (TPSA) is 51.0 Å². The van der Waals surface area contributed by atoms with Crippen molar-refractivity contribution in [3.8, 4) is 0 Å². The highest BCUT2D eigenvalue weighted by Crippen LogP contribution is 2.41. The minimum Gasteiger partial charge on any atom is -0.275 e. The predicted molar refractivity (Wildman–Crippen MR) is 96.3 cm³/mol. The fourth-order valence-electron chi connectivity index (χ4n) is 3.58. The van der Waals surface area contributed by atoms with E-state index in [4.69, 9.17) is 0 Å². The van der Waals surface area contributed by atoms with Gasteiger partial charge in [-0.2, -0.15) is 10.1 Å². The first-order valence-electron chi connectivity index (χ1n) is 8.46. The largest absolute Gasteiger partial charge is 0.275 e. The molecule has 1 aromatic heterocycles. The number of fused-ring (bicyclic) bond motifs is 1. The Morgan fingerprint density at radius 2 is 1.68 bits per heavy atom. The van der Waals surface area contributed by atoms with Crippen molar-refractivity contribution in [1.82, 2.24) is 14.8 Å². The number of hydrogen-bond acceptors (Lipinski definition) is 3. The van der Waals surface area contributed by atoms with Crippen molar-refractivity contribution < 1.29 is 4.79 Å². The van der Waals surface area contributed by atoms with Crippen LogP contribution in [0.15, 0.2) is 60.9 Å². The second-order valence-corrected chi connectivity index (χ2v) is 6.48. The molecule has 0 saturated carbocycles. The standard InChI is InChI=1S/C20H20N4O/c1-14-8-10-17(11-9-14)18-12-19(16-6-4-3-5-7-16)24-20(21-13-22-24)23(18)15(2)25/h3-11,13,18-19H,12H2,1-2H3. The lowest BCUT2D eigenvalue weighted by molar-refractivity contribution is -0.117. The average molecular weight is 332 g/mol. The van der Waals surface area contributed by atoms with Gasteiger partial charge in [0, 0.05) is 6.92 Å². The van der Waals surface area contributed by atoms with E-state index in [1.807, 2.05) is 22.9 Å². The molecule has 1 aliphatic rings. The van der Waals surface area contributed by atoms with Crippen LogP contribution in [-0.2, 0) is 4.79 Å². The summed E-state index contributed by atoms with van der Waals surface area (Å²) in [5.41, 5.74) is 3.50. The molecule has 25 heavy (non-hydrogen) atoms. The van der Waals surface area contributed by atoms with E-state index in [0.29, 0.717) is 5.95 Å². The summed E-state index contributed by atoms with van der Waals surface area (Å²) >= 11 is 0. The van der Waals surface area contributed by atoms with Crippen LogP contribution in [0.3, 0.4) is 0 Å². The van der Waals surface area contributed by atoms with Crippen LogP contribution in [0, 0.1) is 6.92 Å². The number of carbonyl (C=O) groups excluding carboxylic acids is 1. The van der Waals surface area contributed by atoms with E-state index < -0.39 is 0 Å². The SMILES string of the molecule is CC(=O)N1c2ncnn2C(c2ccccc2)CC1c1ccc(C)cc1. The average Bonchev–Trinajstić information content (AvgIpc) is 3.11. The number of carbonyl (C=O) groups is 1. The molecule has 0 fully saturated rings. The number of benzene rings is 2. The molecule has 0 N–H and O–H groups in total. The maximum absolute atomic E-state index is 12.4. The van der Waals surface area contributed by atoms with E-state index in [0.717, 1.165) is 12.0 Å². The molecule has 126 valence electrons. The monoisotopic (exact) mass is 332 g/mol. The molecule has 0 radical (unpaired) electrons. The van der Waals surface area contributed by atoms with Crippen LogP contribution < -0.4 is 4.90 Å². The summed E-state index contributed by atoms with van der Waals surface area (Å²) in [5.74, 6) is 0.588. The second kappa shape index (κ2) is 6.16. The molecule has 0 saturated heterocycles. The highest BCUT2D eigenvalue weighted by atomic mass is 16.2. The van der Waals surface area contributed by atoms with Gasteiger partial charge in [0.05, 0.1) is 12.1 Å². The Morgan fingerprint density at radius 1 is 1.00 bits per heavy atom. The Morgan fingerprint density at radius 3 is 2.36 bits per heavy atom. The summed E-state index contributed by atoms with van der Waals surface area (Å²) in [7, 11) is 0. The number of amides is 1. The van der Waals surface area contributed by atoms with E-state index in [2.05, 4.69) is 53.4 Å². The number of rotatable bonds is 2. The van der Waals surface area contributed by atoms with E-state index in [-0.39, 0.29) is 18.0 Å². The number of anilines is 1. The van der Waals surface area contributed by atoms with Gasteiger partial charge in [-0.3, -0.25) is 9.69 Å². The number of aryl methyl sites for hydroxylation is 1. The Hall–Kier alpha value is -2.95. The molecule has 0 spiro atoms. The van der Waals surface area contributed by atoms with E-state index in [1.165, 1.54) is 17.5 Å². The maximum atomic E-state index is 12.4. The van der Waals surface area contributed by atoms with E-state index in [9.17, 15) is 4.79 Å². The maximum Gasteiger partial charge on any atom is 0.231 e. The van der Waals surface area contributed by atoms with Gasteiger partial charge in [-0.15, -0.1) is 0 Å². The third-order valence-corrected chi connectivity index (χ3v) is 4.81. The normalized spacial score (nSPS) is 19.5. The number of aromatic nitrogens is 3. The molecule has 2 unspecified atom stereocenters. The molecule has 3 aromatic rings. The zero-order chi connectivity index (χ0) is 17.4. The van der Waals surface area contributed by atoms with Crippen molar-refractivity contribution in [3.63, 3.8) is 0 Å². The van der Waals surface area contributed by atoms with Crippen LogP contribution in [0.25, 0.3) is 0 Å². The molecule has 1 amide bonds. The van der Waals surface area contributed by atoms with Crippen molar-refractivity contribution in [1.29, 1.82) is 0 Å². The molecule has 1 aliphatic heterocycles. The van der Waals surface area contributed by atoms with Gasteiger partial charge in [-0.1, -0.05) is 60.2 Å². The van der Waals surface area contributed by atoms with Gasteiger partial charge < -0.3 is 0 Å². The van der Waals surface area contributed by atoms with Gasteiger partial charge in [0.25, 0.3) is 0 Å². The van der Waals surface area contributed by atoms with Gasteiger partial charge in [0.15, 0.2) is 0 Å². The van der Waals surface area contributed by atoms with E-state index >= 15 is 0 Å². The van der Waals surface area contributed by atoms with Crippen LogP contribution in [0.4, 0.5) is 5.95 Å². The molecular formula is C20H20N4O. The molecule has 2 aromatic carbocycles. The summed E-state index contributed by atoms with van der Waals surface area (Å²) in [4.78, 5) is 18.5. The van der Waals surface area contributed by atoms with Crippen LogP contribution in [0.5, 0.6) is 0 Å². The first-order valence-corrected chi connectivity index (χ1v) is 8.46. The lowest BCUT2D eigenvalue weighted by atomic mass is 9.91. The molecular weight excluding hydrogens is 312 g/mol. The summed E-state index contributed by atoms with van der Waals surface area (Å²) in [6.45, 7) is 3.65. The van der Waals surface area contributed by atoms with Crippen molar-refractivity contribution in [2.45, 2.75) is 32.4 Å². The summed E-state index contributed by atoms with van der Waals surface area (Å²) in [5, 5.41) is 4.40. The lowest BCUT2D eigenvalue weighted by Gasteiger charge is -2.38. The Labute approximate surface area is 146 Å². The summed E-state index contributed by atoms with van der Waals surface area (Å²) < 4.78 is 1.86. The minimum atomic E-state index is -0.0555. The molecule has 5 nitrogen and oxygen atoms in total. The first-order chi connectivity index (χ1) is 12.1. The van der Waals surface area contributed by atoms with Crippen molar-refractivity contribution in [3.05, 3.63) is 77.6 Å². The van der Waals surface area contributed by atoms with Gasteiger partial charge >= 0.3 is 0 Å². The molecule has 2 heterocycles. The van der Waals surface area contributed by atoms with Gasteiger partial charge in [0.1, 0.15) is 6.33 Å². The zero-order valence-corrected chi connectivity index (χ0v) is 14.3. The van der Waals surface area contributed by atoms with Gasteiger partial charge in [-0.05, 0) is 24.5 Å². The lowest BCUT2D eigenvalue weighted by Crippen LogP contribution is -2.41. The highest BCUT2D eigenvalue weighted by Gasteiger charge is 2.37. The van der Waals surface area contributed by atoms with Gasteiger partial charge in [-0.25, -0.2) is 4.68 Å². The first kappa shape index (κ1) is 15.6. The Balaban J connectivity index is 1.84. The minimum absolute atomic E-state index is 0.0219. The van der Waals surface area contributed by atoms with Crippen LogP contribution in [0.1, 0.15) is 42.1 Å². The van der Waals surface area contributed by atoms with Crippen LogP contribution in [-0.4, -0.2) is 20.7 Å². The van der Waals surface area contributed by atoms with E-state index in [1.54, 1.807) is 11.8 Å². The second-order valence-electron chi connectivity index (χ2n) is 6.48. The van der Waals surface area contributed by atoms with Gasteiger partial charge in [0.2, 0.25) is 11.9 Å². The predicted octanol–water partition coefficient (Wildman–Crippen LogP) is 3.67. The van der Waals surface area contributed by atoms with Crippen molar-refractivity contribution in [2.24, 2.45) is 0 Å². The molecule has 5 heteroatoms. The van der Waals surface area contributed by atoms with Crippen LogP contribution >= 0.6 is 0 Å². The molecule has 2 atom stereocenters. The molecule has 0 bridgehead atoms. The quantitative estimate of drug-likeness (QED) is 0.719. The van der Waals surface area contributed by atoms with Crippen molar-refractivity contribution in [2.75, 3.05) is 4.90 Å². The molecule has 0 aliphatic carbocycles. The zero-order valence-electron chi connectivity index (χ0n) is 14.3. The fourth-order valence-corrected chi connectivity index (χ4v) is 3.58. The number of nitrogens with zero attached hydrogens (tertiary/aromatic N) is 4. The third-order valence-electron chi connectivity index (χ3n) is 4.81. The Kier molecular flexibility index (Phi) is 3.84. The summed E-state index contributed by atoms with van der Waals surface area (Å²) in [6, 6.07) is 18.7. The molecule has 4 rings (SSSR count). The number of hydrogen-bond donors (Lipinski definition) is 0. The van der Waals surface area contributed by atoms with Crippen molar-refractivity contribution >= 4 is 11.9 Å². The fraction of sp³-hybridized carbons (Fsp3) is 0.250. The highest BCUT2D eigenvalue weighted by molar-refractivity contribution is 5.90. The third kappa shape index (κ3) is 2.71. The van der Waals surface area contributed by atoms with Crippen LogP contribution in [0.2, 0.25) is 0 Å².